The fourth-order valence-electron chi connectivity index (χ4n) is 2.10. The summed E-state index contributed by atoms with van der Waals surface area (Å²) in [5, 5.41) is 11.2. The maximum atomic E-state index is 11.2. The van der Waals surface area contributed by atoms with Crippen molar-refractivity contribution in [1.29, 1.82) is 0 Å². The summed E-state index contributed by atoms with van der Waals surface area (Å²) in [6, 6.07) is 14.1. The molecule has 0 aliphatic carbocycles. The molecule has 0 bridgehead atoms. The van der Waals surface area contributed by atoms with E-state index in [1.54, 1.807) is 12.1 Å². The van der Waals surface area contributed by atoms with Gasteiger partial charge in [0.15, 0.2) is 0 Å². The molecule has 0 aromatic heterocycles. The van der Waals surface area contributed by atoms with Crippen molar-refractivity contribution in [3.63, 3.8) is 0 Å². The molecule has 5 nitrogen and oxygen atoms in total. The molecule has 1 unspecified atom stereocenters. The maximum absolute atomic E-state index is 11.2. The number of nitrogens with zero attached hydrogens (tertiary/aromatic N) is 1. The fraction of sp³-hybridized carbons (Fsp3) is 0.200. The van der Waals surface area contributed by atoms with Crippen LogP contribution in [0, 0.1) is 10.1 Å². The molecule has 0 heterocycles. The van der Waals surface area contributed by atoms with Crippen molar-refractivity contribution in [2.24, 2.45) is 0 Å². The zero-order valence-electron chi connectivity index (χ0n) is 11.3. The Labute approximate surface area is 116 Å². The van der Waals surface area contributed by atoms with E-state index in [9.17, 15) is 10.1 Å². The highest BCUT2D eigenvalue weighted by molar-refractivity contribution is 5.49. The zero-order valence-corrected chi connectivity index (χ0v) is 11.3. The van der Waals surface area contributed by atoms with Gasteiger partial charge >= 0.3 is 0 Å². The molecule has 0 aliphatic rings. The second kappa shape index (κ2) is 6.16. The van der Waals surface area contributed by atoms with Crippen molar-refractivity contribution in [3.05, 3.63) is 69.8 Å². The van der Waals surface area contributed by atoms with E-state index < -0.39 is 11.0 Å². The molecule has 2 rings (SSSR count). The van der Waals surface area contributed by atoms with E-state index in [2.05, 4.69) is 0 Å². The smallest absolute Gasteiger partial charge is 0.279 e. The predicted molar refractivity (Wildman–Crippen MR) is 74.9 cm³/mol. The van der Waals surface area contributed by atoms with Gasteiger partial charge in [-0.3, -0.25) is 10.1 Å². The first-order chi connectivity index (χ1) is 9.67. The number of hydrogen-bond donors (Lipinski definition) is 0. The molecule has 0 spiro atoms. The van der Waals surface area contributed by atoms with Gasteiger partial charge in [0.2, 0.25) is 0 Å². The Kier molecular flexibility index (Phi) is 4.32. The number of methoxy groups -OCH3 is 2. The van der Waals surface area contributed by atoms with Crippen LogP contribution in [0.15, 0.2) is 48.5 Å². The van der Waals surface area contributed by atoms with Crippen LogP contribution in [0.25, 0.3) is 0 Å². The quantitative estimate of drug-likeness (QED) is 0.619. The van der Waals surface area contributed by atoms with Crippen LogP contribution < -0.4 is 4.74 Å². The lowest BCUT2D eigenvalue weighted by atomic mass is 9.99. The number of nitro groups is 1. The Morgan fingerprint density at radius 3 is 2.35 bits per heavy atom. The summed E-state index contributed by atoms with van der Waals surface area (Å²) in [5.74, 6) is 0.448. The Balaban J connectivity index is 2.52. The van der Waals surface area contributed by atoms with E-state index in [1.165, 1.54) is 20.3 Å². The van der Waals surface area contributed by atoms with E-state index in [0.717, 1.165) is 5.56 Å². The van der Waals surface area contributed by atoms with Gasteiger partial charge in [-0.2, -0.15) is 0 Å². The normalized spacial score (nSPS) is 11.9. The summed E-state index contributed by atoms with van der Waals surface area (Å²) in [7, 11) is 3.01. The molecule has 2 aromatic rings. The van der Waals surface area contributed by atoms with Crippen LogP contribution in [-0.2, 0) is 4.74 Å². The van der Waals surface area contributed by atoms with Crippen LogP contribution in [0.4, 0.5) is 5.69 Å². The van der Waals surface area contributed by atoms with Crippen LogP contribution in [0.5, 0.6) is 5.75 Å². The minimum atomic E-state index is -0.484. The molecule has 20 heavy (non-hydrogen) atoms. The molecule has 0 radical (unpaired) electrons. The van der Waals surface area contributed by atoms with Gasteiger partial charge in [0.1, 0.15) is 11.9 Å². The van der Waals surface area contributed by atoms with Crippen molar-refractivity contribution in [1.82, 2.24) is 0 Å². The van der Waals surface area contributed by atoms with Gasteiger partial charge < -0.3 is 9.47 Å². The van der Waals surface area contributed by atoms with Gasteiger partial charge in [-0.1, -0.05) is 30.3 Å². The van der Waals surface area contributed by atoms with Crippen molar-refractivity contribution in [3.8, 4) is 5.75 Å². The van der Waals surface area contributed by atoms with Crippen molar-refractivity contribution in [2.75, 3.05) is 14.2 Å². The first-order valence-electron chi connectivity index (χ1n) is 6.07. The van der Waals surface area contributed by atoms with Crippen LogP contribution in [-0.4, -0.2) is 19.1 Å². The standard InChI is InChI=1S/C15H15NO4/c1-19-12-8-9-13(14(10-12)16(17)18)15(20-2)11-6-4-3-5-7-11/h3-10,15H,1-2H3. The van der Waals surface area contributed by atoms with Crippen LogP contribution >= 0.6 is 0 Å². The number of benzene rings is 2. The lowest BCUT2D eigenvalue weighted by Gasteiger charge is -2.16. The van der Waals surface area contributed by atoms with Crippen molar-refractivity contribution < 1.29 is 14.4 Å². The molecule has 0 amide bonds. The van der Waals surface area contributed by atoms with Gasteiger partial charge in [-0.05, 0) is 17.7 Å². The number of rotatable bonds is 5. The minimum Gasteiger partial charge on any atom is -0.497 e. The van der Waals surface area contributed by atoms with Crippen molar-refractivity contribution in [2.45, 2.75) is 6.10 Å². The highest BCUT2D eigenvalue weighted by Crippen LogP contribution is 2.34. The Bertz CT molecular complexity index is 598. The Hall–Kier alpha value is -2.40. The lowest BCUT2D eigenvalue weighted by Crippen LogP contribution is -2.07. The van der Waals surface area contributed by atoms with E-state index in [4.69, 9.17) is 9.47 Å². The van der Waals surface area contributed by atoms with E-state index >= 15 is 0 Å². The predicted octanol–water partition coefficient (Wildman–Crippen LogP) is 3.34. The summed E-state index contributed by atoms with van der Waals surface area (Å²) in [4.78, 5) is 10.8. The fourth-order valence-corrected chi connectivity index (χ4v) is 2.10. The molecule has 0 N–H and O–H groups in total. The number of nitro benzene ring substituents is 1. The zero-order chi connectivity index (χ0) is 14.5. The summed E-state index contributed by atoms with van der Waals surface area (Å²) in [6.45, 7) is 0. The van der Waals surface area contributed by atoms with Gasteiger partial charge in [0.25, 0.3) is 5.69 Å². The molecule has 2 aromatic carbocycles. The summed E-state index contributed by atoms with van der Waals surface area (Å²) < 4.78 is 10.5. The van der Waals surface area contributed by atoms with Crippen LogP contribution in [0.2, 0.25) is 0 Å². The highest BCUT2D eigenvalue weighted by atomic mass is 16.6. The summed E-state index contributed by atoms with van der Waals surface area (Å²) >= 11 is 0. The maximum Gasteiger partial charge on any atom is 0.279 e. The lowest BCUT2D eigenvalue weighted by molar-refractivity contribution is -0.386. The van der Waals surface area contributed by atoms with Crippen LogP contribution in [0.3, 0.4) is 0 Å². The number of ether oxygens (including phenoxy) is 2. The molecular formula is C15H15NO4. The third kappa shape index (κ3) is 2.78. The van der Waals surface area contributed by atoms with E-state index in [0.29, 0.717) is 11.3 Å². The first-order valence-corrected chi connectivity index (χ1v) is 6.07. The summed E-state index contributed by atoms with van der Waals surface area (Å²) in [5.41, 5.74) is 1.35. The minimum absolute atomic E-state index is 0.0138. The van der Waals surface area contributed by atoms with Gasteiger partial charge in [-0.15, -0.1) is 0 Å². The molecule has 0 saturated carbocycles. The highest BCUT2D eigenvalue weighted by Gasteiger charge is 2.24. The van der Waals surface area contributed by atoms with Crippen LogP contribution in [0.1, 0.15) is 17.2 Å². The van der Waals surface area contributed by atoms with E-state index in [1.807, 2.05) is 30.3 Å². The van der Waals surface area contributed by atoms with Gasteiger partial charge in [0, 0.05) is 7.11 Å². The third-order valence-corrected chi connectivity index (χ3v) is 3.05. The monoisotopic (exact) mass is 273 g/mol. The Morgan fingerprint density at radius 2 is 1.80 bits per heavy atom. The largest absolute Gasteiger partial charge is 0.497 e. The third-order valence-electron chi connectivity index (χ3n) is 3.05. The van der Waals surface area contributed by atoms with Gasteiger partial charge in [-0.25, -0.2) is 0 Å². The summed E-state index contributed by atoms with van der Waals surface area (Å²) in [6.07, 6.45) is -0.484. The topological polar surface area (TPSA) is 61.6 Å². The SMILES string of the molecule is COc1ccc(C(OC)c2ccccc2)c([N+](=O)[O-])c1. The first kappa shape index (κ1) is 14.0. The molecule has 1 atom stereocenters. The average Bonchev–Trinajstić information content (AvgIpc) is 2.49. The second-order valence-corrected chi connectivity index (χ2v) is 4.21. The van der Waals surface area contributed by atoms with E-state index in [-0.39, 0.29) is 5.69 Å². The molecule has 0 aliphatic heterocycles. The molecule has 0 fully saturated rings. The average molecular weight is 273 g/mol. The van der Waals surface area contributed by atoms with Crippen molar-refractivity contribution >= 4 is 5.69 Å². The molecular weight excluding hydrogens is 258 g/mol. The number of hydrogen-bond acceptors (Lipinski definition) is 4. The second-order valence-electron chi connectivity index (χ2n) is 4.21. The molecule has 104 valence electrons. The Morgan fingerprint density at radius 1 is 1.10 bits per heavy atom. The molecule has 0 saturated heterocycles. The van der Waals surface area contributed by atoms with Gasteiger partial charge in [0.05, 0.1) is 23.7 Å². The molecule has 5 heteroatoms.